The molecule has 0 amide bonds. The fourth-order valence-electron chi connectivity index (χ4n) is 2.05. The van der Waals surface area contributed by atoms with Crippen LogP contribution in [0, 0.1) is 0 Å². The Morgan fingerprint density at radius 2 is 2.13 bits per heavy atom. The SMILES string of the molecule is c1cc(CNCCN2CCCCC2)co1. The van der Waals surface area contributed by atoms with E-state index >= 15 is 0 Å². The molecule has 3 heteroatoms. The molecule has 1 aliphatic rings. The lowest BCUT2D eigenvalue weighted by Crippen LogP contribution is -2.35. The summed E-state index contributed by atoms with van der Waals surface area (Å²) in [6.07, 6.45) is 7.69. The van der Waals surface area contributed by atoms with E-state index in [1.807, 2.05) is 6.07 Å². The summed E-state index contributed by atoms with van der Waals surface area (Å²) in [7, 11) is 0. The number of hydrogen-bond acceptors (Lipinski definition) is 3. The van der Waals surface area contributed by atoms with E-state index in [4.69, 9.17) is 4.42 Å². The summed E-state index contributed by atoms with van der Waals surface area (Å²) in [4.78, 5) is 2.55. The maximum Gasteiger partial charge on any atom is 0.0947 e. The molecule has 1 N–H and O–H groups in total. The smallest absolute Gasteiger partial charge is 0.0947 e. The van der Waals surface area contributed by atoms with Crippen molar-refractivity contribution < 1.29 is 4.42 Å². The minimum absolute atomic E-state index is 0.921. The first-order valence-electron chi connectivity index (χ1n) is 5.89. The summed E-state index contributed by atoms with van der Waals surface area (Å²) in [5.74, 6) is 0. The normalized spacial score (nSPS) is 18.1. The zero-order chi connectivity index (χ0) is 10.3. The first-order valence-corrected chi connectivity index (χ1v) is 5.89. The molecule has 0 spiro atoms. The Balaban J connectivity index is 1.54. The number of hydrogen-bond donors (Lipinski definition) is 1. The molecule has 0 aliphatic carbocycles. The largest absolute Gasteiger partial charge is 0.472 e. The van der Waals surface area contributed by atoms with Gasteiger partial charge in [-0.25, -0.2) is 0 Å². The molecule has 0 bridgehead atoms. The monoisotopic (exact) mass is 208 g/mol. The quantitative estimate of drug-likeness (QED) is 0.749. The van der Waals surface area contributed by atoms with Crippen molar-refractivity contribution >= 4 is 0 Å². The average molecular weight is 208 g/mol. The van der Waals surface area contributed by atoms with E-state index in [1.165, 1.54) is 44.5 Å². The summed E-state index contributed by atoms with van der Waals surface area (Å²) in [6, 6.07) is 2.01. The maximum atomic E-state index is 5.01. The fourth-order valence-corrected chi connectivity index (χ4v) is 2.05. The Kier molecular flexibility index (Phi) is 4.23. The number of nitrogens with zero attached hydrogens (tertiary/aromatic N) is 1. The Hall–Kier alpha value is -0.800. The molecule has 2 rings (SSSR count). The van der Waals surface area contributed by atoms with E-state index in [1.54, 1.807) is 12.5 Å². The van der Waals surface area contributed by atoms with Crippen molar-refractivity contribution in [2.75, 3.05) is 26.2 Å². The topological polar surface area (TPSA) is 28.4 Å². The lowest BCUT2D eigenvalue weighted by molar-refractivity contribution is 0.229. The lowest BCUT2D eigenvalue weighted by atomic mass is 10.1. The Labute approximate surface area is 91.4 Å². The second-order valence-electron chi connectivity index (χ2n) is 4.21. The molecule has 15 heavy (non-hydrogen) atoms. The predicted molar refractivity (Wildman–Crippen MR) is 60.7 cm³/mol. The van der Waals surface area contributed by atoms with E-state index in [2.05, 4.69) is 10.2 Å². The third kappa shape index (κ3) is 3.68. The summed E-state index contributed by atoms with van der Waals surface area (Å²) >= 11 is 0. The van der Waals surface area contributed by atoms with Crippen molar-refractivity contribution in [1.29, 1.82) is 0 Å². The summed E-state index contributed by atoms with van der Waals surface area (Å²) < 4.78 is 5.01. The van der Waals surface area contributed by atoms with Gasteiger partial charge in [-0.2, -0.15) is 0 Å². The van der Waals surface area contributed by atoms with Gasteiger partial charge in [0.05, 0.1) is 12.5 Å². The zero-order valence-corrected chi connectivity index (χ0v) is 9.24. The van der Waals surface area contributed by atoms with Crippen LogP contribution in [0.4, 0.5) is 0 Å². The average Bonchev–Trinajstić information content (AvgIpc) is 2.79. The molecule has 0 unspecified atom stereocenters. The Morgan fingerprint density at radius 1 is 1.27 bits per heavy atom. The molecular weight excluding hydrogens is 188 g/mol. The highest BCUT2D eigenvalue weighted by atomic mass is 16.3. The molecule has 1 aliphatic heterocycles. The lowest BCUT2D eigenvalue weighted by Gasteiger charge is -2.26. The minimum Gasteiger partial charge on any atom is -0.472 e. The second kappa shape index (κ2) is 5.93. The van der Waals surface area contributed by atoms with E-state index in [-0.39, 0.29) is 0 Å². The minimum atomic E-state index is 0.921. The molecule has 2 heterocycles. The van der Waals surface area contributed by atoms with Gasteiger partial charge >= 0.3 is 0 Å². The van der Waals surface area contributed by atoms with Gasteiger partial charge in [0.2, 0.25) is 0 Å². The maximum absolute atomic E-state index is 5.01. The number of likely N-dealkylation sites (tertiary alicyclic amines) is 1. The van der Waals surface area contributed by atoms with Crippen LogP contribution in [0.2, 0.25) is 0 Å². The van der Waals surface area contributed by atoms with Crippen LogP contribution < -0.4 is 5.32 Å². The van der Waals surface area contributed by atoms with Crippen molar-refractivity contribution in [2.45, 2.75) is 25.8 Å². The van der Waals surface area contributed by atoms with Gasteiger partial charge in [0.25, 0.3) is 0 Å². The first-order chi connectivity index (χ1) is 7.45. The third-order valence-electron chi connectivity index (χ3n) is 2.96. The van der Waals surface area contributed by atoms with Gasteiger partial charge in [-0.05, 0) is 32.0 Å². The molecule has 0 atom stereocenters. The highest BCUT2D eigenvalue weighted by Crippen LogP contribution is 2.07. The second-order valence-corrected chi connectivity index (χ2v) is 4.21. The van der Waals surface area contributed by atoms with Crippen LogP contribution in [-0.4, -0.2) is 31.1 Å². The molecule has 3 nitrogen and oxygen atoms in total. The van der Waals surface area contributed by atoms with Crippen molar-refractivity contribution in [2.24, 2.45) is 0 Å². The molecular formula is C12H20N2O. The van der Waals surface area contributed by atoms with E-state index < -0.39 is 0 Å². The molecule has 1 aromatic rings. The van der Waals surface area contributed by atoms with Crippen LogP contribution in [0.15, 0.2) is 23.0 Å². The van der Waals surface area contributed by atoms with Crippen LogP contribution >= 0.6 is 0 Å². The fraction of sp³-hybridized carbons (Fsp3) is 0.667. The molecule has 1 fully saturated rings. The van der Waals surface area contributed by atoms with Crippen LogP contribution in [0.5, 0.6) is 0 Å². The highest BCUT2D eigenvalue weighted by Gasteiger charge is 2.08. The molecule has 0 radical (unpaired) electrons. The van der Waals surface area contributed by atoms with E-state index in [0.29, 0.717) is 0 Å². The summed E-state index contributed by atoms with van der Waals surface area (Å²) in [5.41, 5.74) is 1.23. The van der Waals surface area contributed by atoms with E-state index in [9.17, 15) is 0 Å². The van der Waals surface area contributed by atoms with Crippen molar-refractivity contribution in [1.82, 2.24) is 10.2 Å². The van der Waals surface area contributed by atoms with Crippen molar-refractivity contribution in [3.63, 3.8) is 0 Å². The van der Waals surface area contributed by atoms with Crippen LogP contribution in [0.1, 0.15) is 24.8 Å². The number of nitrogens with one attached hydrogen (secondary N) is 1. The van der Waals surface area contributed by atoms with Crippen LogP contribution in [-0.2, 0) is 6.54 Å². The number of furan rings is 1. The third-order valence-corrected chi connectivity index (χ3v) is 2.96. The van der Waals surface area contributed by atoms with Gasteiger partial charge in [0.15, 0.2) is 0 Å². The molecule has 0 saturated carbocycles. The van der Waals surface area contributed by atoms with Gasteiger partial charge in [-0.15, -0.1) is 0 Å². The van der Waals surface area contributed by atoms with Gasteiger partial charge in [-0.1, -0.05) is 6.42 Å². The van der Waals surface area contributed by atoms with Gasteiger partial charge in [0, 0.05) is 25.2 Å². The molecule has 0 aromatic carbocycles. The predicted octanol–water partition coefficient (Wildman–Crippen LogP) is 1.86. The number of rotatable bonds is 5. The Morgan fingerprint density at radius 3 is 2.87 bits per heavy atom. The van der Waals surface area contributed by atoms with Crippen molar-refractivity contribution in [3.05, 3.63) is 24.2 Å². The van der Waals surface area contributed by atoms with Crippen LogP contribution in [0.3, 0.4) is 0 Å². The van der Waals surface area contributed by atoms with E-state index in [0.717, 1.165) is 13.1 Å². The van der Waals surface area contributed by atoms with Gasteiger partial charge < -0.3 is 14.6 Å². The standard InChI is InChI=1S/C12H20N2O/c1-2-6-14(7-3-1)8-5-13-10-12-4-9-15-11-12/h4,9,11,13H,1-3,5-8,10H2. The van der Waals surface area contributed by atoms with Gasteiger partial charge in [-0.3, -0.25) is 0 Å². The molecule has 84 valence electrons. The summed E-state index contributed by atoms with van der Waals surface area (Å²) in [5, 5.41) is 3.43. The zero-order valence-electron chi connectivity index (χ0n) is 9.24. The van der Waals surface area contributed by atoms with Crippen molar-refractivity contribution in [3.8, 4) is 0 Å². The highest BCUT2D eigenvalue weighted by molar-refractivity contribution is 5.04. The molecule has 1 aromatic heterocycles. The number of piperidine rings is 1. The van der Waals surface area contributed by atoms with Gasteiger partial charge in [0.1, 0.15) is 0 Å². The molecule has 1 saturated heterocycles. The summed E-state index contributed by atoms with van der Waals surface area (Å²) in [6.45, 7) is 5.74. The van der Waals surface area contributed by atoms with Crippen LogP contribution in [0.25, 0.3) is 0 Å². The first kappa shape index (κ1) is 10.7. The Bertz CT molecular complexity index is 253.